The summed E-state index contributed by atoms with van der Waals surface area (Å²) in [5.41, 5.74) is 0.907. The third kappa shape index (κ3) is 8.95. The lowest BCUT2D eigenvalue weighted by molar-refractivity contribution is 0.155. The van der Waals surface area contributed by atoms with E-state index in [4.69, 9.17) is 42.5 Å². The predicted octanol–water partition coefficient (Wildman–Crippen LogP) is 6.46. The maximum absolute atomic E-state index is 13.8. The Morgan fingerprint density at radius 2 is 1.83 bits per heavy atom. The molecule has 0 saturated heterocycles. The molecule has 11 nitrogen and oxygen atoms in total. The maximum Gasteiger partial charge on any atom is 0.404 e. The molecule has 0 bridgehead atoms. The molecule has 1 unspecified atom stereocenters. The van der Waals surface area contributed by atoms with E-state index in [1.54, 1.807) is 12.1 Å². The van der Waals surface area contributed by atoms with Crippen LogP contribution in [0.2, 0.25) is 35.7 Å². The molecular weight excluding hydrogens is 623 g/mol. The van der Waals surface area contributed by atoms with Gasteiger partial charge in [0, 0.05) is 21.2 Å². The van der Waals surface area contributed by atoms with Crippen LogP contribution in [-0.4, -0.2) is 64.7 Å². The standard InChI is InChI=1S/C27H34Cl2N4O7SSi/c1-18(15-31-27(34)35)19-9-11-20(12-10-19)40-23-16-30-25(26(32-23)38-2)33(17-39-13-14-42(3,4)5)41(36,37)22-8-6-7-21(28)24(22)29/h6-12,16,18,31H,13-15,17H2,1-5H3,(H,34,35). The first kappa shape index (κ1) is 33.4. The zero-order chi connectivity index (χ0) is 31.1. The number of halogens is 2. The number of anilines is 1. The highest BCUT2D eigenvalue weighted by atomic mass is 35.5. The molecule has 1 aromatic heterocycles. The number of ether oxygens (including phenoxy) is 3. The number of carboxylic acid groups (broad SMARTS) is 1. The third-order valence-electron chi connectivity index (χ3n) is 6.05. The van der Waals surface area contributed by atoms with Crippen LogP contribution in [0.4, 0.5) is 10.6 Å². The number of methoxy groups -OCH3 is 1. The van der Waals surface area contributed by atoms with Crippen molar-refractivity contribution >= 4 is 53.2 Å². The highest BCUT2D eigenvalue weighted by Gasteiger charge is 2.32. The van der Waals surface area contributed by atoms with Gasteiger partial charge in [-0.3, -0.25) is 0 Å². The SMILES string of the molecule is COc1nc(Oc2ccc(C(C)CNC(=O)O)cc2)cnc1N(COCC[Si](C)(C)C)S(=O)(=O)c1cccc(Cl)c1Cl. The Labute approximate surface area is 256 Å². The molecule has 2 N–H and O–H groups in total. The predicted molar refractivity (Wildman–Crippen MR) is 165 cm³/mol. The van der Waals surface area contributed by atoms with Gasteiger partial charge in [-0.15, -0.1) is 0 Å². The van der Waals surface area contributed by atoms with Gasteiger partial charge in [-0.05, 0) is 41.8 Å². The van der Waals surface area contributed by atoms with Crippen LogP contribution in [0.25, 0.3) is 0 Å². The van der Waals surface area contributed by atoms with Gasteiger partial charge >= 0.3 is 6.09 Å². The molecule has 3 rings (SSSR count). The molecule has 0 aliphatic rings. The molecule has 228 valence electrons. The number of hydrogen-bond acceptors (Lipinski definition) is 8. The smallest absolute Gasteiger partial charge is 0.404 e. The molecule has 0 fully saturated rings. The average molecular weight is 658 g/mol. The van der Waals surface area contributed by atoms with Crippen LogP contribution in [-0.2, 0) is 14.8 Å². The van der Waals surface area contributed by atoms with Crippen molar-refractivity contribution in [2.45, 2.75) is 43.4 Å². The first-order valence-electron chi connectivity index (χ1n) is 12.9. The quantitative estimate of drug-likeness (QED) is 0.114. The van der Waals surface area contributed by atoms with Crippen LogP contribution >= 0.6 is 23.2 Å². The minimum Gasteiger partial charge on any atom is -0.478 e. The number of amides is 1. The topological polar surface area (TPSA) is 140 Å². The van der Waals surface area contributed by atoms with Crippen LogP contribution in [0, 0.1) is 0 Å². The zero-order valence-electron chi connectivity index (χ0n) is 23.9. The number of benzene rings is 2. The van der Waals surface area contributed by atoms with Gasteiger partial charge in [0.15, 0.2) is 0 Å². The molecule has 0 radical (unpaired) electrons. The van der Waals surface area contributed by atoms with E-state index in [0.717, 1.165) is 15.9 Å². The van der Waals surface area contributed by atoms with Crippen molar-refractivity contribution in [1.82, 2.24) is 15.3 Å². The van der Waals surface area contributed by atoms with E-state index >= 15 is 0 Å². The monoisotopic (exact) mass is 656 g/mol. The molecule has 1 amide bonds. The summed E-state index contributed by atoms with van der Waals surface area (Å²) in [6.07, 6.45) is 0.188. The molecular formula is C27H34Cl2N4O7SSi. The minimum atomic E-state index is -4.31. The van der Waals surface area contributed by atoms with Gasteiger partial charge in [-0.2, -0.15) is 4.98 Å². The first-order chi connectivity index (χ1) is 19.7. The first-order valence-corrected chi connectivity index (χ1v) is 18.8. The van der Waals surface area contributed by atoms with Crippen molar-refractivity contribution < 1.29 is 32.5 Å². The number of rotatable bonds is 14. The van der Waals surface area contributed by atoms with E-state index in [1.807, 2.05) is 19.1 Å². The molecule has 1 atom stereocenters. The Morgan fingerprint density at radius 1 is 1.14 bits per heavy atom. The number of carbonyl (C=O) groups is 1. The molecule has 15 heteroatoms. The highest BCUT2D eigenvalue weighted by molar-refractivity contribution is 7.93. The van der Waals surface area contributed by atoms with Crippen LogP contribution in [0.3, 0.4) is 0 Å². The fourth-order valence-electron chi connectivity index (χ4n) is 3.62. The minimum absolute atomic E-state index is 0.0526. The van der Waals surface area contributed by atoms with Crippen LogP contribution in [0.5, 0.6) is 17.5 Å². The van der Waals surface area contributed by atoms with Crippen LogP contribution in [0.15, 0.2) is 53.6 Å². The Kier molecular flexibility index (Phi) is 11.4. The van der Waals surface area contributed by atoms with Crippen molar-refractivity contribution in [1.29, 1.82) is 0 Å². The Hall–Kier alpha value is -3.10. The van der Waals surface area contributed by atoms with Gasteiger partial charge in [0.2, 0.25) is 11.7 Å². The van der Waals surface area contributed by atoms with Gasteiger partial charge in [0.05, 0.1) is 23.4 Å². The van der Waals surface area contributed by atoms with E-state index in [2.05, 4.69) is 34.9 Å². The molecule has 0 aliphatic carbocycles. The van der Waals surface area contributed by atoms with Gasteiger partial charge in [0.1, 0.15) is 17.4 Å². The van der Waals surface area contributed by atoms with E-state index in [-0.39, 0.29) is 51.7 Å². The van der Waals surface area contributed by atoms with Gasteiger partial charge < -0.3 is 24.6 Å². The number of nitrogens with zero attached hydrogens (tertiary/aromatic N) is 3. The fraction of sp³-hybridized carbons (Fsp3) is 0.370. The summed E-state index contributed by atoms with van der Waals surface area (Å²) in [6.45, 7) is 8.71. The van der Waals surface area contributed by atoms with Gasteiger partial charge in [0.25, 0.3) is 15.9 Å². The number of hydrogen-bond donors (Lipinski definition) is 2. The Bertz CT molecular complexity index is 1490. The zero-order valence-corrected chi connectivity index (χ0v) is 27.3. The normalized spacial score (nSPS) is 12.5. The molecule has 2 aromatic carbocycles. The lowest BCUT2D eigenvalue weighted by Crippen LogP contribution is -2.35. The summed E-state index contributed by atoms with van der Waals surface area (Å²) in [4.78, 5) is 19.2. The maximum atomic E-state index is 13.8. The summed E-state index contributed by atoms with van der Waals surface area (Å²) in [6, 6.07) is 12.2. The summed E-state index contributed by atoms with van der Waals surface area (Å²) in [7, 11) is -4.42. The molecule has 1 heterocycles. The van der Waals surface area contributed by atoms with E-state index in [1.165, 1.54) is 31.5 Å². The van der Waals surface area contributed by atoms with Crippen LogP contribution < -0.4 is 19.1 Å². The molecule has 0 saturated carbocycles. The Morgan fingerprint density at radius 3 is 2.45 bits per heavy atom. The van der Waals surface area contributed by atoms with Crippen molar-refractivity contribution in [3.05, 3.63) is 64.3 Å². The van der Waals surface area contributed by atoms with Crippen molar-refractivity contribution in [2.24, 2.45) is 0 Å². The highest BCUT2D eigenvalue weighted by Crippen LogP contribution is 2.36. The van der Waals surface area contributed by atoms with E-state index in [0.29, 0.717) is 12.4 Å². The molecule has 0 spiro atoms. The summed E-state index contributed by atoms with van der Waals surface area (Å²) in [5.74, 6) is 0.202. The second-order valence-electron chi connectivity index (χ2n) is 10.6. The summed E-state index contributed by atoms with van der Waals surface area (Å²) >= 11 is 12.4. The second-order valence-corrected chi connectivity index (χ2v) is 18.8. The number of nitrogens with one attached hydrogen (secondary N) is 1. The molecule has 3 aromatic rings. The van der Waals surface area contributed by atoms with Gasteiger partial charge in [-0.25, -0.2) is 22.5 Å². The van der Waals surface area contributed by atoms with E-state index in [9.17, 15) is 13.2 Å². The van der Waals surface area contributed by atoms with Crippen molar-refractivity contribution in [2.75, 3.05) is 31.3 Å². The lowest BCUT2D eigenvalue weighted by atomic mass is 10.0. The van der Waals surface area contributed by atoms with Crippen molar-refractivity contribution in [3.8, 4) is 17.5 Å². The lowest BCUT2D eigenvalue weighted by Gasteiger charge is -2.25. The van der Waals surface area contributed by atoms with Crippen molar-refractivity contribution in [3.63, 3.8) is 0 Å². The average Bonchev–Trinajstić information content (AvgIpc) is 2.93. The molecule has 42 heavy (non-hydrogen) atoms. The van der Waals surface area contributed by atoms with Gasteiger partial charge in [-0.1, -0.05) is 68.0 Å². The largest absolute Gasteiger partial charge is 0.478 e. The van der Waals surface area contributed by atoms with E-state index < -0.39 is 24.2 Å². The molecule has 0 aliphatic heterocycles. The fourth-order valence-corrected chi connectivity index (χ4v) is 6.42. The summed E-state index contributed by atoms with van der Waals surface area (Å²) < 4.78 is 45.7. The number of aromatic nitrogens is 2. The number of sulfonamides is 1. The Balaban J connectivity index is 1.90. The second kappa shape index (κ2) is 14.4. The van der Waals surface area contributed by atoms with Crippen LogP contribution in [0.1, 0.15) is 18.4 Å². The summed E-state index contributed by atoms with van der Waals surface area (Å²) in [5, 5.41) is 11.1. The third-order valence-corrected chi connectivity index (χ3v) is 10.4.